The predicted molar refractivity (Wildman–Crippen MR) is 39.0 cm³/mol. The van der Waals surface area contributed by atoms with Crippen LogP contribution in [0.25, 0.3) is 0 Å². The average molecular weight is 322 g/mol. The SMILES string of the molecule is COC(=O)C(F)(OC(F)(F)C(=O)C(F)(F)F)C(F)(F)F. The number of carbonyl (C=O) groups excluding carboxylic acids is 2. The van der Waals surface area contributed by atoms with Crippen molar-refractivity contribution in [1.82, 2.24) is 0 Å². The monoisotopic (exact) mass is 322 g/mol. The third-order valence-electron chi connectivity index (χ3n) is 1.60. The summed E-state index contributed by atoms with van der Waals surface area (Å²) in [6.45, 7) is 0. The van der Waals surface area contributed by atoms with Crippen molar-refractivity contribution in [3.05, 3.63) is 0 Å². The number of hydrogen-bond donors (Lipinski definition) is 0. The summed E-state index contributed by atoms with van der Waals surface area (Å²) >= 11 is 0. The summed E-state index contributed by atoms with van der Waals surface area (Å²) in [5.74, 6) is -13.2. The average Bonchev–Trinajstić information content (AvgIpc) is 2.23. The van der Waals surface area contributed by atoms with Crippen LogP contribution in [0.4, 0.5) is 39.5 Å². The van der Waals surface area contributed by atoms with E-state index in [9.17, 15) is 49.1 Å². The van der Waals surface area contributed by atoms with Gasteiger partial charge in [-0.25, -0.2) is 4.79 Å². The van der Waals surface area contributed by atoms with Gasteiger partial charge in [0.1, 0.15) is 0 Å². The summed E-state index contributed by atoms with van der Waals surface area (Å²) in [5.41, 5.74) is 0. The van der Waals surface area contributed by atoms with Gasteiger partial charge in [-0.05, 0) is 0 Å². The smallest absolute Gasteiger partial charge is 0.460 e. The lowest BCUT2D eigenvalue weighted by Crippen LogP contribution is -2.57. The molecule has 0 aliphatic carbocycles. The molecule has 1 atom stereocenters. The van der Waals surface area contributed by atoms with Gasteiger partial charge in [-0.1, -0.05) is 0 Å². The third kappa shape index (κ3) is 3.52. The molecule has 13 heteroatoms. The molecule has 0 aliphatic heterocycles. The predicted octanol–water partition coefficient (Wildman–Crippen LogP) is 2.13. The van der Waals surface area contributed by atoms with Crippen molar-refractivity contribution in [3.63, 3.8) is 0 Å². The van der Waals surface area contributed by atoms with Gasteiger partial charge in [0, 0.05) is 0 Å². The van der Waals surface area contributed by atoms with Gasteiger partial charge in [-0.15, -0.1) is 0 Å². The number of esters is 1. The van der Waals surface area contributed by atoms with Crippen LogP contribution in [0.2, 0.25) is 0 Å². The van der Waals surface area contributed by atoms with E-state index in [1.54, 1.807) is 0 Å². The van der Waals surface area contributed by atoms with Gasteiger partial charge in [0.2, 0.25) is 0 Å². The molecular weight excluding hydrogens is 319 g/mol. The summed E-state index contributed by atoms with van der Waals surface area (Å²) in [4.78, 5) is 20.6. The van der Waals surface area contributed by atoms with E-state index in [-0.39, 0.29) is 7.11 Å². The highest BCUT2D eigenvalue weighted by Crippen LogP contribution is 2.42. The minimum absolute atomic E-state index is 0.121. The van der Waals surface area contributed by atoms with Gasteiger partial charge < -0.3 is 4.74 Å². The van der Waals surface area contributed by atoms with Crippen LogP contribution >= 0.6 is 0 Å². The topological polar surface area (TPSA) is 52.6 Å². The Kier molecular flexibility index (Phi) is 4.71. The largest absolute Gasteiger partial charge is 0.465 e. The highest BCUT2D eigenvalue weighted by Gasteiger charge is 2.71. The number of rotatable bonds is 4. The number of methoxy groups -OCH3 is 1. The van der Waals surface area contributed by atoms with Gasteiger partial charge in [0.15, 0.2) is 0 Å². The molecule has 0 radical (unpaired) electrons. The van der Waals surface area contributed by atoms with E-state index in [4.69, 9.17) is 0 Å². The normalized spacial score (nSPS) is 16.5. The first-order valence-corrected chi connectivity index (χ1v) is 4.13. The van der Waals surface area contributed by atoms with Crippen molar-refractivity contribution in [2.75, 3.05) is 7.11 Å². The molecule has 118 valence electrons. The third-order valence-corrected chi connectivity index (χ3v) is 1.60. The maximum Gasteiger partial charge on any atom is 0.460 e. The van der Waals surface area contributed by atoms with Crippen molar-refractivity contribution >= 4 is 11.8 Å². The molecule has 0 N–H and O–H groups in total. The fourth-order valence-corrected chi connectivity index (χ4v) is 0.735. The van der Waals surface area contributed by atoms with Crippen LogP contribution in [0.5, 0.6) is 0 Å². The van der Waals surface area contributed by atoms with Crippen LogP contribution in [-0.4, -0.2) is 43.2 Å². The second kappa shape index (κ2) is 5.10. The molecular formula is C7H3F9O4. The number of Topliss-reactive ketones (excluding diaryl/α,β-unsaturated/α-hetero) is 1. The molecule has 0 saturated heterocycles. The molecule has 0 aliphatic rings. The molecule has 20 heavy (non-hydrogen) atoms. The lowest BCUT2D eigenvalue weighted by Gasteiger charge is -2.28. The van der Waals surface area contributed by atoms with E-state index in [0.717, 1.165) is 0 Å². The highest BCUT2D eigenvalue weighted by molar-refractivity contribution is 5.90. The Morgan fingerprint density at radius 1 is 0.850 bits per heavy atom. The molecule has 0 rings (SSSR count). The lowest BCUT2D eigenvalue weighted by molar-refractivity contribution is -0.389. The number of hydrogen-bond acceptors (Lipinski definition) is 4. The number of carbonyl (C=O) groups is 2. The second-order valence-corrected chi connectivity index (χ2v) is 3.03. The summed E-state index contributed by atoms with van der Waals surface area (Å²) in [6.07, 6.45) is -19.1. The van der Waals surface area contributed by atoms with Crippen molar-refractivity contribution in [2.24, 2.45) is 0 Å². The van der Waals surface area contributed by atoms with Gasteiger partial charge in [-0.3, -0.25) is 9.53 Å². The Balaban J connectivity index is 5.61. The molecule has 0 fully saturated rings. The van der Waals surface area contributed by atoms with Gasteiger partial charge >= 0.3 is 36.1 Å². The number of halogens is 9. The molecule has 0 saturated carbocycles. The summed E-state index contributed by atoms with van der Waals surface area (Å²) in [7, 11) is 0.121. The van der Waals surface area contributed by atoms with Gasteiger partial charge in [0.25, 0.3) is 0 Å². The molecule has 0 aromatic carbocycles. The lowest BCUT2D eigenvalue weighted by atomic mass is 10.3. The minimum atomic E-state index is -6.52. The number of ketones is 1. The molecule has 0 aromatic heterocycles. The second-order valence-electron chi connectivity index (χ2n) is 3.03. The maximum absolute atomic E-state index is 13.1. The molecule has 0 bridgehead atoms. The first-order chi connectivity index (χ1) is 8.59. The van der Waals surface area contributed by atoms with E-state index in [0.29, 0.717) is 0 Å². The van der Waals surface area contributed by atoms with Crippen LogP contribution in [0.3, 0.4) is 0 Å². The first kappa shape index (κ1) is 18.5. The van der Waals surface area contributed by atoms with Crippen molar-refractivity contribution < 1.29 is 58.6 Å². The Bertz CT molecular complexity index is 398. The van der Waals surface area contributed by atoms with Crippen LogP contribution in [0.1, 0.15) is 0 Å². The van der Waals surface area contributed by atoms with E-state index in [2.05, 4.69) is 9.47 Å². The number of ether oxygens (including phenoxy) is 2. The van der Waals surface area contributed by atoms with E-state index >= 15 is 0 Å². The molecule has 0 heterocycles. The molecule has 0 amide bonds. The Labute approximate surface area is 103 Å². The zero-order valence-electron chi connectivity index (χ0n) is 9.03. The van der Waals surface area contributed by atoms with E-state index < -0.39 is 36.1 Å². The van der Waals surface area contributed by atoms with Gasteiger partial charge in [-0.2, -0.15) is 39.5 Å². The van der Waals surface area contributed by atoms with Crippen molar-refractivity contribution in [1.29, 1.82) is 0 Å². The van der Waals surface area contributed by atoms with Gasteiger partial charge in [0.05, 0.1) is 7.11 Å². The van der Waals surface area contributed by atoms with Crippen LogP contribution in [0.15, 0.2) is 0 Å². The summed E-state index contributed by atoms with van der Waals surface area (Å²) in [6, 6.07) is 0. The zero-order valence-corrected chi connectivity index (χ0v) is 9.03. The minimum Gasteiger partial charge on any atom is -0.465 e. The van der Waals surface area contributed by atoms with Crippen molar-refractivity contribution in [3.8, 4) is 0 Å². The van der Waals surface area contributed by atoms with E-state index in [1.165, 1.54) is 0 Å². The van der Waals surface area contributed by atoms with Crippen LogP contribution < -0.4 is 0 Å². The molecule has 0 aromatic rings. The molecule has 4 nitrogen and oxygen atoms in total. The quantitative estimate of drug-likeness (QED) is 0.588. The van der Waals surface area contributed by atoms with Crippen molar-refractivity contribution in [2.45, 2.75) is 24.3 Å². The fraction of sp³-hybridized carbons (Fsp3) is 0.714. The van der Waals surface area contributed by atoms with Crippen LogP contribution in [-0.2, 0) is 19.1 Å². The van der Waals surface area contributed by atoms with E-state index in [1.807, 2.05) is 0 Å². The maximum atomic E-state index is 13.1. The summed E-state index contributed by atoms with van der Waals surface area (Å²) < 4.78 is 115. The highest BCUT2D eigenvalue weighted by atomic mass is 19.4. The van der Waals surface area contributed by atoms with Crippen LogP contribution in [0, 0.1) is 0 Å². The Hall–Kier alpha value is -1.53. The Morgan fingerprint density at radius 2 is 1.25 bits per heavy atom. The summed E-state index contributed by atoms with van der Waals surface area (Å²) in [5, 5.41) is 0. The first-order valence-electron chi connectivity index (χ1n) is 4.13. The molecule has 1 unspecified atom stereocenters. The molecule has 0 spiro atoms. The number of alkyl halides is 9. The standard InChI is InChI=1S/C7H3F9O4/c1-19-3(18)4(8,7(14,15)16)20-6(12,13)2(17)5(9,10)11/h1H3. The zero-order chi connectivity index (χ0) is 16.6. The fourth-order valence-electron chi connectivity index (χ4n) is 0.735. The Morgan fingerprint density at radius 3 is 1.50 bits per heavy atom.